The number of non-ortho nitro benzene ring substituents is 1. The number of esters is 1. The number of hydrazone groups is 1. The van der Waals surface area contributed by atoms with Crippen molar-refractivity contribution < 1.29 is 28.7 Å². The summed E-state index contributed by atoms with van der Waals surface area (Å²) in [5.41, 5.74) is 0.743. The highest BCUT2D eigenvalue weighted by Gasteiger charge is 2.34. The van der Waals surface area contributed by atoms with Crippen molar-refractivity contribution in [3.8, 4) is 11.5 Å². The van der Waals surface area contributed by atoms with E-state index >= 15 is 0 Å². The summed E-state index contributed by atoms with van der Waals surface area (Å²) in [4.78, 5) is 33.8. The Morgan fingerprint density at radius 2 is 1.93 bits per heavy atom. The van der Waals surface area contributed by atoms with Crippen LogP contribution >= 0.6 is 0 Å². The number of hydrogen-bond acceptors (Lipinski definition) is 8. The summed E-state index contributed by atoms with van der Waals surface area (Å²) in [5.74, 6) is -0.338. The zero-order chi connectivity index (χ0) is 21.1. The zero-order valence-electron chi connectivity index (χ0n) is 15.8. The summed E-state index contributed by atoms with van der Waals surface area (Å²) in [5, 5.41) is 16.3. The number of benzene rings is 2. The molecule has 0 unspecified atom stereocenters. The van der Waals surface area contributed by atoms with E-state index in [1.807, 2.05) is 0 Å². The Kier molecular flexibility index (Phi) is 5.44. The van der Waals surface area contributed by atoms with E-state index in [4.69, 9.17) is 14.2 Å². The Morgan fingerprint density at radius 3 is 2.55 bits per heavy atom. The van der Waals surface area contributed by atoms with Crippen LogP contribution in [0.3, 0.4) is 0 Å². The number of nitro groups is 1. The smallest absolute Gasteiger partial charge is 0.308 e. The van der Waals surface area contributed by atoms with Crippen LogP contribution < -0.4 is 9.47 Å². The molecule has 1 heterocycles. The summed E-state index contributed by atoms with van der Waals surface area (Å²) in [6, 6.07) is 10.4. The van der Waals surface area contributed by atoms with E-state index < -0.39 is 23.0 Å². The number of ether oxygens (including phenoxy) is 3. The number of methoxy groups -OCH3 is 1. The minimum atomic E-state index is -0.915. The molecule has 10 heteroatoms. The number of carbonyl (C=O) groups is 2. The normalized spacial score (nSPS) is 15.3. The molecule has 1 amide bonds. The summed E-state index contributed by atoms with van der Waals surface area (Å²) < 4.78 is 16.2. The van der Waals surface area contributed by atoms with Crippen molar-refractivity contribution in [1.29, 1.82) is 0 Å². The topological polar surface area (TPSA) is 121 Å². The molecule has 0 aliphatic carbocycles. The molecule has 0 fully saturated rings. The average molecular weight is 399 g/mol. The Morgan fingerprint density at radius 1 is 1.17 bits per heavy atom. The van der Waals surface area contributed by atoms with E-state index in [1.54, 1.807) is 18.2 Å². The molecule has 29 heavy (non-hydrogen) atoms. The molecule has 0 saturated carbocycles. The number of nitro benzene ring substituents is 1. The van der Waals surface area contributed by atoms with Crippen LogP contribution in [0.2, 0.25) is 0 Å². The molecule has 3 rings (SSSR count). The van der Waals surface area contributed by atoms with Crippen LogP contribution in [-0.2, 0) is 14.3 Å². The molecule has 150 valence electrons. The maximum Gasteiger partial charge on any atom is 0.308 e. The molecule has 0 spiro atoms. The third kappa shape index (κ3) is 4.15. The first-order chi connectivity index (χ1) is 13.8. The molecule has 0 bridgehead atoms. The van der Waals surface area contributed by atoms with Crippen LogP contribution in [0.5, 0.6) is 11.5 Å². The van der Waals surface area contributed by atoms with Gasteiger partial charge in [0.25, 0.3) is 5.69 Å². The predicted molar refractivity (Wildman–Crippen MR) is 100 cm³/mol. The van der Waals surface area contributed by atoms with Gasteiger partial charge < -0.3 is 14.2 Å². The predicted octanol–water partition coefficient (Wildman–Crippen LogP) is 2.77. The number of carbonyl (C=O) groups excluding carboxylic acids is 2. The second kappa shape index (κ2) is 7.97. The SMILES string of the molecule is COc1cc([C@@H]2OC(c3cccc([N+](=O)[O-])c3)=NN2C(C)=O)ccc1OC(C)=O. The summed E-state index contributed by atoms with van der Waals surface area (Å²) in [6.45, 7) is 2.59. The van der Waals surface area contributed by atoms with Gasteiger partial charge in [0.05, 0.1) is 12.0 Å². The van der Waals surface area contributed by atoms with Gasteiger partial charge in [0.15, 0.2) is 11.5 Å². The average Bonchev–Trinajstić information content (AvgIpc) is 3.14. The molecule has 0 saturated heterocycles. The van der Waals surface area contributed by atoms with Gasteiger partial charge in [-0.05, 0) is 24.3 Å². The standard InChI is InChI=1S/C19H17N3O7/c1-11(23)21-19(14-7-8-16(28-12(2)24)17(10-14)27-3)29-18(20-21)13-5-4-6-15(9-13)22(25)26/h4-10,19H,1-3H3/t19-/m0/s1. The maximum atomic E-state index is 12.1. The lowest BCUT2D eigenvalue weighted by Crippen LogP contribution is -2.25. The molecule has 1 aliphatic heterocycles. The number of hydrogen-bond donors (Lipinski definition) is 0. The molecule has 0 radical (unpaired) electrons. The monoisotopic (exact) mass is 399 g/mol. The highest BCUT2D eigenvalue weighted by molar-refractivity contribution is 5.96. The van der Waals surface area contributed by atoms with E-state index in [9.17, 15) is 19.7 Å². The van der Waals surface area contributed by atoms with Crippen molar-refractivity contribution in [2.24, 2.45) is 5.10 Å². The third-order valence-electron chi connectivity index (χ3n) is 4.00. The number of rotatable bonds is 5. The van der Waals surface area contributed by atoms with Gasteiger partial charge in [0.2, 0.25) is 18.0 Å². The van der Waals surface area contributed by atoms with Gasteiger partial charge in [-0.2, -0.15) is 5.01 Å². The Hall–Kier alpha value is -3.95. The minimum Gasteiger partial charge on any atom is -0.493 e. The fourth-order valence-electron chi connectivity index (χ4n) is 2.73. The summed E-state index contributed by atoms with van der Waals surface area (Å²) >= 11 is 0. The van der Waals surface area contributed by atoms with Crippen molar-refractivity contribution in [3.63, 3.8) is 0 Å². The van der Waals surface area contributed by atoms with Crippen LogP contribution in [0.15, 0.2) is 47.6 Å². The molecule has 10 nitrogen and oxygen atoms in total. The fraction of sp³-hybridized carbons (Fsp3) is 0.211. The van der Waals surface area contributed by atoms with Gasteiger partial charge in [-0.1, -0.05) is 6.07 Å². The first-order valence-corrected chi connectivity index (χ1v) is 8.46. The van der Waals surface area contributed by atoms with Gasteiger partial charge in [-0.15, -0.1) is 5.10 Å². The van der Waals surface area contributed by atoms with Gasteiger partial charge in [-0.25, -0.2) is 0 Å². The van der Waals surface area contributed by atoms with E-state index in [0.717, 1.165) is 5.01 Å². The van der Waals surface area contributed by atoms with E-state index in [2.05, 4.69) is 5.10 Å². The van der Waals surface area contributed by atoms with Crippen molar-refractivity contribution in [2.75, 3.05) is 7.11 Å². The highest BCUT2D eigenvalue weighted by Crippen LogP contribution is 2.36. The van der Waals surface area contributed by atoms with Gasteiger partial charge in [0.1, 0.15) is 0 Å². The first-order valence-electron chi connectivity index (χ1n) is 8.46. The Bertz CT molecular complexity index is 1020. The van der Waals surface area contributed by atoms with E-state index in [1.165, 1.54) is 45.2 Å². The van der Waals surface area contributed by atoms with Crippen LogP contribution in [0.25, 0.3) is 0 Å². The Labute approximate surface area is 165 Å². The minimum absolute atomic E-state index is 0.0666. The van der Waals surface area contributed by atoms with Gasteiger partial charge in [-0.3, -0.25) is 19.7 Å². The quantitative estimate of drug-likeness (QED) is 0.328. The van der Waals surface area contributed by atoms with E-state index in [-0.39, 0.29) is 23.1 Å². The largest absolute Gasteiger partial charge is 0.493 e. The van der Waals surface area contributed by atoms with E-state index in [0.29, 0.717) is 11.1 Å². The molecule has 2 aromatic rings. The summed E-state index contributed by atoms with van der Waals surface area (Å²) in [7, 11) is 1.41. The van der Waals surface area contributed by atoms with Crippen LogP contribution in [0, 0.1) is 10.1 Å². The number of nitrogens with zero attached hydrogens (tertiary/aromatic N) is 3. The van der Waals surface area contributed by atoms with Crippen molar-refractivity contribution in [1.82, 2.24) is 5.01 Å². The van der Waals surface area contributed by atoms with Gasteiger partial charge >= 0.3 is 5.97 Å². The second-order valence-electron chi connectivity index (χ2n) is 6.05. The molecular weight excluding hydrogens is 382 g/mol. The van der Waals surface area contributed by atoms with Crippen LogP contribution in [-0.4, -0.2) is 34.8 Å². The molecule has 2 aromatic carbocycles. The summed E-state index contributed by atoms with van der Waals surface area (Å²) in [6.07, 6.45) is -0.915. The Balaban J connectivity index is 1.95. The van der Waals surface area contributed by atoms with Crippen LogP contribution in [0.4, 0.5) is 5.69 Å². The number of amides is 1. The van der Waals surface area contributed by atoms with Crippen LogP contribution in [0.1, 0.15) is 31.2 Å². The lowest BCUT2D eigenvalue weighted by Gasteiger charge is -2.20. The highest BCUT2D eigenvalue weighted by atomic mass is 16.6. The zero-order valence-corrected chi connectivity index (χ0v) is 15.8. The van der Waals surface area contributed by atoms with Crippen molar-refractivity contribution in [3.05, 3.63) is 63.7 Å². The van der Waals surface area contributed by atoms with Crippen molar-refractivity contribution >= 4 is 23.5 Å². The molecule has 0 N–H and O–H groups in total. The van der Waals surface area contributed by atoms with Crippen molar-refractivity contribution in [2.45, 2.75) is 20.1 Å². The second-order valence-corrected chi connectivity index (χ2v) is 6.05. The first kappa shape index (κ1) is 19.8. The molecule has 1 atom stereocenters. The fourth-order valence-corrected chi connectivity index (χ4v) is 2.73. The van der Waals surface area contributed by atoms with Gasteiger partial charge in [0, 0.05) is 37.1 Å². The lowest BCUT2D eigenvalue weighted by molar-refractivity contribution is -0.384. The third-order valence-corrected chi connectivity index (χ3v) is 4.00. The molecule has 1 aliphatic rings. The lowest BCUT2D eigenvalue weighted by atomic mass is 10.1. The molecular formula is C19H17N3O7. The molecule has 0 aromatic heterocycles. The maximum absolute atomic E-state index is 12.1.